The summed E-state index contributed by atoms with van der Waals surface area (Å²) in [7, 11) is -2.09. The maximum atomic E-state index is 13.8. The lowest BCUT2D eigenvalue weighted by Crippen LogP contribution is -2.43. The second kappa shape index (κ2) is 10.1. The van der Waals surface area contributed by atoms with Gasteiger partial charge in [-0.15, -0.1) is 0 Å². The van der Waals surface area contributed by atoms with Crippen LogP contribution < -0.4 is 5.56 Å². The van der Waals surface area contributed by atoms with Gasteiger partial charge in [-0.3, -0.25) is 4.79 Å². The van der Waals surface area contributed by atoms with Crippen LogP contribution in [0.25, 0.3) is 11.3 Å². The van der Waals surface area contributed by atoms with Gasteiger partial charge in [-0.25, -0.2) is 14.4 Å². The minimum Gasteiger partial charge on any atom is -0.414 e. The molecule has 0 saturated carbocycles. The topological polar surface area (TPSA) is 57.0 Å². The van der Waals surface area contributed by atoms with Crippen LogP contribution in [0.2, 0.25) is 23.2 Å². The van der Waals surface area contributed by atoms with Gasteiger partial charge in [0, 0.05) is 24.0 Å². The number of halogens is 2. The standard InChI is InChI=1S/C24H29ClFN3O2SSi/c1-24(2,3)33(5,6)31-15-21(17-7-8-19(26)18(25)13-17)29-12-10-16(14-22(29)30)20-9-11-27-23(28-20)32-4/h7-14,21H,15H2,1-6H3. The molecule has 1 atom stereocenters. The predicted molar refractivity (Wildman–Crippen MR) is 136 cm³/mol. The number of benzene rings is 1. The van der Waals surface area contributed by atoms with Gasteiger partial charge < -0.3 is 8.99 Å². The van der Waals surface area contributed by atoms with E-state index in [-0.39, 0.29) is 22.2 Å². The largest absolute Gasteiger partial charge is 0.414 e. The molecule has 1 aromatic carbocycles. The van der Waals surface area contributed by atoms with Crippen molar-refractivity contribution in [1.82, 2.24) is 14.5 Å². The highest BCUT2D eigenvalue weighted by atomic mass is 35.5. The Morgan fingerprint density at radius 3 is 2.55 bits per heavy atom. The molecule has 9 heteroatoms. The Kier molecular flexibility index (Phi) is 7.83. The molecule has 0 fully saturated rings. The first-order valence-electron chi connectivity index (χ1n) is 10.6. The number of thioether (sulfide) groups is 1. The number of nitrogens with zero attached hydrogens (tertiary/aromatic N) is 3. The molecule has 2 heterocycles. The first-order valence-corrected chi connectivity index (χ1v) is 15.1. The van der Waals surface area contributed by atoms with Crippen LogP contribution in [-0.4, -0.2) is 35.7 Å². The SMILES string of the molecule is CSc1nccc(-c2ccn(C(CO[Si](C)(C)C(C)(C)C)c3ccc(F)c(Cl)c3)c(=O)c2)n1. The van der Waals surface area contributed by atoms with Crippen LogP contribution in [0.1, 0.15) is 32.4 Å². The normalized spacial score (nSPS) is 13.2. The van der Waals surface area contributed by atoms with E-state index in [9.17, 15) is 9.18 Å². The Balaban J connectivity index is 2.02. The number of hydrogen-bond acceptors (Lipinski definition) is 5. The van der Waals surface area contributed by atoms with E-state index >= 15 is 0 Å². The molecule has 5 nitrogen and oxygen atoms in total. The number of pyridine rings is 1. The van der Waals surface area contributed by atoms with Crippen molar-refractivity contribution in [2.24, 2.45) is 0 Å². The van der Waals surface area contributed by atoms with E-state index in [4.69, 9.17) is 16.0 Å². The molecule has 1 unspecified atom stereocenters. The van der Waals surface area contributed by atoms with Crippen molar-refractivity contribution in [3.63, 3.8) is 0 Å². The Bertz CT molecular complexity index is 1200. The van der Waals surface area contributed by atoms with Crippen molar-refractivity contribution in [1.29, 1.82) is 0 Å². The van der Waals surface area contributed by atoms with Gasteiger partial charge in [0.2, 0.25) is 0 Å². The van der Waals surface area contributed by atoms with E-state index in [1.54, 1.807) is 41.2 Å². The van der Waals surface area contributed by atoms with E-state index in [1.165, 1.54) is 17.8 Å². The summed E-state index contributed by atoms with van der Waals surface area (Å²) in [5.74, 6) is -0.500. The number of aromatic nitrogens is 3. The summed E-state index contributed by atoms with van der Waals surface area (Å²) in [6.45, 7) is 11.1. The molecule has 0 aliphatic carbocycles. The van der Waals surface area contributed by atoms with Crippen LogP contribution in [0.3, 0.4) is 0 Å². The fraction of sp³-hybridized carbons (Fsp3) is 0.375. The summed E-state index contributed by atoms with van der Waals surface area (Å²) >= 11 is 7.51. The first kappa shape index (κ1) is 25.6. The van der Waals surface area contributed by atoms with Crippen LogP contribution in [0, 0.1) is 5.82 Å². The first-order chi connectivity index (χ1) is 15.4. The smallest absolute Gasteiger partial charge is 0.251 e. The number of hydrogen-bond donors (Lipinski definition) is 0. The van der Waals surface area contributed by atoms with E-state index in [0.717, 1.165) is 0 Å². The molecule has 0 spiro atoms. The second-order valence-corrected chi connectivity index (χ2v) is 15.3. The monoisotopic (exact) mass is 505 g/mol. The highest BCUT2D eigenvalue weighted by Crippen LogP contribution is 2.37. The summed E-state index contributed by atoms with van der Waals surface area (Å²) in [6, 6.07) is 9.25. The molecule has 33 heavy (non-hydrogen) atoms. The minimum absolute atomic E-state index is 0.00875. The summed E-state index contributed by atoms with van der Waals surface area (Å²) < 4.78 is 21.9. The summed E-state index contributed by atoms with van der Waals surface area (Å²) in [6.07, 6.45) is 5.31. The molecule has 0 aliphatic rings. The molecule has 0 amide bonds. The van der Waals surface area contributed by atoms with Gasteiger partial charge in [0.05, 0.1) is 23.4 Å². The van der Waals surface area contributed by atoms with Crippen LogP contribution in [-0.2, 0) is 4.43 Å². The van der Waals surface area contributed by atoms with Crippen molar-refractivity contribution in [3.05, 3.63) is 75.5 Å². The molecule has 2 aromatic heterocycles. The fourth-order valence-electron chi connectivity index (χ4n) is 3.07. The van der Waals surface area contributed by atoms with Gasteiger partial charge in [-0.1, -0.05) is 50.2 Å². The highest BCUT2D eigenvalue weighted by molar-refractivity contribution is 7.98. The van der Waals surface area contributed by atoms with Crippen LogP contribution in [0.5, 0.6) is 0 Å². The Hall–Kier alpha value is -2.00. The van der Waals surface area contributed by atoms with Crippen molar-refractivity contribution in [3.8, 4) is 11.3 Å². The third-order valence-electron chi connectivity index (χ3n) is 6.13. The molecule has 176 valence electrons. The Morgan fingerprint density at radius 1 is 1.21 bits per heavy atom. The third-order valence-corrected chi connectivity index (χ3v) is 11.5. The van der Waals surface area contributed by atoms with Gasteiger partial charge in [-0.05, 0) is 54.2 Å². The lowest BCUT2D eigenvalue weighted by atomic mass is 10.1. The van der Waals surface area contributed by atoms with Crippen molar-refractivity contribution < 1.29 is 8.82 Å². The molecule has 3 aromatic rings. The highest BCUT2D eigenvalue weighted by Gasteiger charge is 2.38. The molecule has 0 radical (unpaired) electrons. The fourth-order valence-corrected chi connectivity index (χ4v) is 4.62. The van der Waals surface area contributed by atoms with Gasteiger partial charge in [0.15, 0.2) is 13.5 Å². The van der Waals surface area contributed by atoms with E-state index in [1.807, 2.05) is 12.3 Å². The lowest BCUT2D eigenvalue weighted by molar-refractivity contribution is 0.246. The van der Waals surface area contributed by atoms with E-state index in [0.29, 0.717) is 22.0 Å². The molecular weight excluding hydrogens is 477 g/mol. The molecular formula is C24H29ClFN3O2SSi. The van der Waals surface area contributed by atoms with Gasteiger partial charge in [-0.2, -0.15) is 0 Å². The van der Waals surface area contributed by atoms with E-state index in [2.05, 4.69) is 43.8 Å². The molecule has 0 bridgehead atoms. The van der Waals surface area contributed by atoms with Crippen LogP contribution >= 0.6 is 23.4 Å². The zero-order valence-electron chi connectivity index (χ0n) is 19.7. The van der Waals surface area contributed by atoms with Gasteiger partial charge >= 0.3 is 0 Å². The molecule has 3 rings (SSSR count). The summed E-state index contributed by atoms with van der Waals surface area (Å²) in [5.41, 5.74) is 1.88. The average molecular weight is 506 g/mol. The average Bonchev–Trinajstić information content (AvgIpc) is 2.76. The zero-order valence-corrected chi connectivity index (χ0v) is 22.3. The molecule has 0 N–H and O–H groups in total. The van der Waals surface area contributed by atoms with Crippen LogP contribution in [0.4, 0.5) is 4.39 Å². The molecule has 0 aliphatic heterocycles. The summed E-state index contributed by atoms with van der Waals surface area (Å²) in [4.78, 5) is 21.9. The maximum Gasteiger partial charge on any atom is 0.251 e. The van der Waals surface area contributed by atoms with Crippen LogP contribution in [0.15, 0.2) is 58.7 Å². The van der Waals surface area contributed by atoms with Gasteiger partial charge in [0.1, 0.15) is 5.82 Å². The maximum absolute atomic E-state index is 13.8. The van der Waals surface area contributed by atoms with Crippen molar-refractivity contribution in [2.75, 3.05) is 12.9 Å². The molecule has 0 saturated heterocycles. The lowest BCUT2D eigenvalue weighted by Gasteiger charge is -2.37. The van der Waals surface area contributed by atoms with Gasteiger partial charge in [0.25, 0.3) is 5.56 Å². The minimum atomic E-state index is -2.09. The quantitative estimate of drug-likeness (QED) is 0.210. The zero-order chi connectivity index (χ0) is 24.4. The number of rotatable bonds is 7. The second-order valence-electron chi connectivity index (χ2n) is 9.35. The predicted octanol–water partition coefficient (Wildman–Crippen LogP) is 6.43. The Morgan fingerprint density at radius 2 is 1.94 bits per heavy atom. The van der Waals surface area contributed by atoms with Crippen molar-refractivity contribution in [2.45, 2.75) is 50.1 Å². The summed E-state index contributed by atoms with van der Waals surface area (Å²) in [5, 5.41) is 0.660. The van der Waals surface area contributed by atoms with E-state index < -0.39 is 20.2 Å². The van der Waals surface area contributed by atoms with Crippen molar-refractivity contribution >= 4 is 31.7 Å². The Labute approximate surface area is 204 Å². The third kappa shape index (κ3) is 5.92.